The number of nitrogens with zero attached hydrogens (tertiary/aromatic N) is 1. The quantitative estimate of drug-likeness (QED) is 0.624. The molecule has 1 N–H and O–H groups in total. The van der Waals surface area contributed by atoms with Crippen molar-refractivity contribution in [2.45, 2.75) is 6.10 Å². The Balaban J connectivity index is 1.96. The van der Waals surface area contributed by atoms with Crippen molar-refractivity contribution >= 4 is 5.69 Å². The van der Waals surface area contributed by atoms with Crippen molar-refractivity contribution in [3.8, 4) is 5.75 Å². The zero-order valence-electron chi connectivity index (χ0n) is 9.30. The highest BCUT2D eigenvalue weighted by Gasteiger charge is 2.18. The van der Waals surface area contributed by atoms with E-state index < -0.39 is 4.92 Å². The average molecular weight is 238 g/mol. The van der Waals surface area contributed by atoms with E-state index in [0.29, 0.717) is 19.8 Å². The number of hydrogen-bond acceptors (Lipinski definition) is 5. The summed E-state index contributed by atoms with van der Waals surface area (Å²) in [6.07, 6.45) is -0.0523. The van der Waals surface area contributed by atoms with Crippen LogP contribution in [0.1, 0.15) is 0 Å². The van der Waals surface area contributed by atoms with Crippen LogP contribution in [0.5, 0.6) is 5.75 Å². The molecule has 1 aromatic rings. The lowest BCUT2D eigenvalue weighted by Gasteiger charge is -2.23. The largest absolute Gasteiger partial charge is 0.484 e. The molecular formula is C11H14N2O4. The Labute approximate surface area is 98.7 Å². The second-order valence-corrected chi connectivity index (χ2v) is 3.73. The topological polar surface area (TPSA) is 73.6 Å². The van der Waals surface area contributed by atoms with Gasteiger partial charge in [-0.25, -0.2) is 0 Å². The number of nitrogens with one attached hydrogen (secondary N) is 1. The van der Waals surface area contributed by atoms with Gasteiger partial charge in [-0.05, 0) is 6.07 Å². The molecule has 2 rings (SSSR count). The van der Waals surface area contributed by atoms with Crippen LogP contribution in [0.2, 0.25) is 0 Å². The minimum atomic E-state index is -0.449. The molecule has 6 heteroatoms. The number of nitro groups is 1. The molecule has 17 heavy (non-hydrogen) atoms. The van der Waals surface area contributed by atoms with E-state index in [9.17, 15) is 10.1 Å². The third-order valence-electron chi connectivity index (χ3n) is 2.49. The molecule has 92 valence electrons. The van der Waals surface area contributed by atoms with E-state index in [-0.39, 0.29) is 17.5 Å². The number of para-hydroxylation sites is 2. The Morgan fingerprint density at radius 2 is 2.35 bits per heavy atom. The molecule has 0 bridgehead atoms. The molecule has 6 nitrogen and oxygen atoms in total. The van der Waals surface area contributed by atoms with Crippen LogP contribution < -0.4 is 10.1 Å². The summed E-state index contributed by atoms with van der Waals surface area (Å²) >= 11 is 0. The monoisotopic (exact) mass is 238 g/mol. The molecule has 1 aliphatic rings. The number of rotatable bonds is 4. The molecule has 1 fully saturated rings. The zero-order valence-corrected chi connectivity index (χ0v) is 9.30. The minimum Gasteiger partial charge on any atom is -0.484 e. The average Bonchev–Trinajstić information content (AvgIpc) is 2.38. The summed E-state index contributed by atoms with van der Waals surface area (Å²) < 4.78 is 10.9. The molecule has 0 aromatic heterocycles. The highest BCUT2D eigenvalue weighted by molar-refractivity contribution is 5.45. The molecule has 1 heterocycles. The molecule has 1 atom stereocenters. The Hall–Kier alpha value is -1.66. The van der Waals surface area contributed by atoms with E-state index in [0.717, 1.165) is 6.54 Å². The molecule has 0 radical (unpaired) electrons. The number of benzene rings is 1. The predicted octanol–water partition coefficient (Wildman–Crippen LogP) is 0.962. The van der Waals surface area contributed by atoms with E-state index in [1.807, 2.05) is 0 Å². The van der Waals surface area contributed by atoms with Crippen LogP contribution in [0.3, 0.4) is 0 Å². The smallest absolute Gasteiger partial charge is 0.310 e. The van der Waals surface area contributed by atoms with Gasteiger partial charge in [0.05, 0.1) is 11.5 Å². The lowest BCUT2D eigenvalue weighted by molar-refractivity contribution is -0.385. The van der Waals surface area contributed by atoms with Crippen molar-refractivity contribution in [2.24, 2.45) is 0 Å². The molecule has 1 aliphatic heterocycles. The van der Waals surface area contributed by atoms with Crippen LogP contribution in [0.25, 0.3) is 0 Å². The van der Waals surface area contributed by atoms with Crippen molar-refractivity contribution in [1.82, 2.24) is 5.32 Å². The zero-order chi connectivity index (χ0) is 12.1. The van der Waals surface area contributed by atoms with Crippen molar-refractivity contribution in [3.05, 3.63) is 34.4 Å². The van der Waals surface area contributed by atoms with Gasteiger partial charge in [0.2, 0.25) is 0 Å². The molecule has 1 unspecified atom stereocenters. The molecular weight excluding hydrogens is 224 g/mol. The van der Waals surface area contributed by atoms with Gasteiger partial charge in [-0.15, -0.1) is 0 Å². The second kappa shape index (κ2) is 5.60. The summed E-state index contributed by atoms with van der Waals surface area (Å²) in [6.45, 7) is 2.51. The summed E-state index contributed by atoms with van der Waals surface area (Å²) in [5, 5.41) is 13.9. The van der Waals surface area contributed by atoms with E-state index in [1.54, 1.807) is 18.2 Å². The fraction of sp³-hybridized carbons (Fsp3) is 0.455. The van der Waals surface area contributed by atoms with Crippen molar-refractivity contribution in [3.63, 3.8) is 0 Å². The van der Waals surface area contributed by atoms with Gasteiger partial charge in [0.25, 0.3) is 0 Å². The lowest BCUT2D eigenvalue weighted by atomic mass is 10.3. The number of nitro benzene ring substituents is 1. The van der Waals surface area contributed by atoms with Gasteiger partial charge in [0.15, 0.2) is 5.75 Å². The van der Waals surface area contributed by atoms with Crippen LogP contribution in [0.4, 0.5) is 5.69 Å². The fourth-order valence-corrected chi connectivity index (χ4v) is 1.64. The normalized spacial score (nSPS) is 19.9. The van der Waals surface area contributed by atoms with Crippen molar-refractivity contribution in [2.75, 3.05) is 26.3 Å². The molecule has 0 aliphatic carbocycles. The van der Waals surface area contributed by atoms with Gasteiger partial charge < -0.3 is 14.8 Å². The predicted molar refractivity (Wildman–Crippen MR) is 61.2 cm³/mol. The van der Waals surface area contributed by atoms with Gasteiger partial charge >= 0.3 is 5.69 Å². The van der Waals surface area contributed by atoms with Crippen LogP contribution in [0, 0.1) is 10.1 Å². The van der Waals surface area contributed by atoms with Gasteiger partial charge in [0, 0.05) is 19.2 Å². The first-order chi connectivity index (χ1) is 8.27. The Bertz CT molecular complexity index is 391. The Morgan fingerprint density at radius 3 is 3.06 bits per heavy atom. The standard InChI is InChI=1S/C11H14N2O4/c14-13(15)10-3-1-2-4-11(10)17-8-9-7-12-5-6-16-9/h1-4,9,12H,5-8H2. The first-order valence-electron chi connectivity index (χ1n) is 5.46. The Kier molecular flexibility index (Phi) is 3.89. The van der Waals surface area contributed by atoms with Gasteiger partial charge in [-0.2, -0.15) is 0 Å². The molecule has 0 saturated carbocycles. The first-order valence-corrected chi connectivity index (χ1v) is 5.46. The van der Waals surface area contributed by atoms with Gasteiger partial charge in [-0.1, -0.05) is 12.1 Å². The summed E-state index contributed by atoms with van der Waals surface area (Å²) in [5.74, 6) is 0.284. The molecule has 1 aromatic carbocycles. The Morgan fingerprint density at radius 1 is 1.53 bits per heavy atom. The summed E-state index contributed by atoms with van der Waals surface area (Å²) in [6, 6.07) is 6.34. The summed E-state index contributed by atoms with van der Waals surface area (Å²) in [4.78, 5) is 10.3. The second-order valence-electron chi connectivity index (χ2n) is 3.73. The highest BCUT2D eigenvalue weighted by Crippen LogP contribution is 2.25. The van der Waals surface area contributed by atoms with Gasteiger partial charge in [-0.3, -0.25) is 10.1 Å². The maximum Gasteiger partial charge on any atom is 0.310 e. The van der Waals surface area contributed by atoms with Crippen LogP contribution in [-0.2, 0) is 4.74 Å². The number of morpholine rings is 1. The maximum absolute atomic E-state index is 10.8. The maximum atomic E-state index is 10.8. The van der Waals surface area contributed by atoms with Crippen LogP contribution >= 0.6 is 0 Å². The molecule has 0 spiro atoms. The molecule has 1 saturated heterocycles. The van der Waals surface area contributed by atoms with E-state index in [1.165, 1.54) is 6.07 Å². The fourth-order valence-electron chi connectivity index (χ4n) is 1.64. The highest BCUT2D eigenvalue weighted by atomic mass is 16.6. The third-order valence-corrected chi connectivity index (χ3v) is 2.49. The van der Waals surface area contributed by atoms with E-state index in [2.05, 4.69) is 5.32 Å². The minimum absolute atomic E-state index is 0.0173. The van der Waals surface area contributed by atoms with Crippen LogP contribution in [0.15, 0.2) is 24.3 Å². The van der Waals surface area contributed by atoms with Crippen LogP contribution in [-0.4, -0.2) is 37.3 Å². The first kappa shape index (κ1) is 11.8. The van der Waals surface area contributed by atoms with Gasteiger partial charge in [0.1, 0.15) is 12.7 Å². The van der Waals surface area contributed by atoms with Crippen molar-refractivity contribution < 1.29 is 14.4 Å². The summed E-state index contributed by atoms with van der Waals surface area (Å²) in [5.41, 5.74) is -0.0173. The number of hydrogen-bond donors (Lipinski definition) is 1. The van der Waals surface area contributed by atoms with E-state index in [4.69, 9.17) is 9.47 Å². The number of ether oxygens (including phenoxy) is 2. The lowest BCUT2D eigenvalue weighted by Crippen LogP contribution is -2.41. The SMILES string of the molecule is O=[N+]([O-])c1ccccc1OCC1CNCCO1. The van der Waals surface area contributed by atoms with Crippen molar-refractivity contribution in [1.29, 1.82) is 0 Å². The molecule has 0 amide bonds. The van der Waals surface area contributed by atoms with E-state index >= 15 is 0 Å². The summed E-state index contributed by atoms with van der Waals surface area (Å²) in [7, 11) is 0. The third kappa shape index (κ3) is 3.15.